The summed E-state index contributed by atoms with van der Waals surface area (Å²) >= 11 is 1.94. The van der Waals surface area contributed by atoms with Crippen molar-refractivity contribution in [2.45, 2.75) is 32.1 Å². The molecule has 0 radical (unpaired) electrons. The van der Waals surface area contributed by atoms with E-state index < -0.39 is 10.0 Å². The predicted molar refractivity (Wildman–Crippen MR) is 137 cm³/mol. The summed E-state index contributed by atoms with van der Waals surface area (Å²) in [6.45, 7) is 7.36. The standard InChI is InChI=1S/C23H32N6O3S2/c1-4-32-13-12-26-34(30,31)19-8-6-18(7-9-19)27-23-24-11-10-20(29-23)21-15-25-22(28-21)14-17(3)16-33-5-2/h6-11,15,17,26H,4-5,12-14,16H2,1-3H3,(H,25,28)(H,24,27,29). The van der Waals surface area contributed by atoms with Gasteiger partial charge in [-0.25, -0.2) is 28.1 Å². The highest BCUT2D eigenvalue weighted by atomic mass is 32.2. The highest BCUT2D eigenvalue weighted by Gasteiger charge is 2.14. The van der Waals surface area contributed by atoms with Gasteiger partial charge in [-0.05, 0) is 54.7 Å². The molecule has 1 unspecified atom stereocenters. The molecule has 0 aliphatic rings. The van der Waals surface area contributed by atoms with Gasteiger partial charge in [0.2, 0.25) is 16.0 Å². The first-order valence-electron chi connectivity index (χ1n) is 11.3. The summed E-state index contributed by atoms with van der Waals surface area (Å²) in [4.78, 5) is 16.9. The molecule has 0 saturated carbocycles. The number of nitrogens with one attached hydrogen (secondary N) is 3. The quantitative estimate of drug-likeness (QED) is 0.283. The van der Waals surface area contributed by atoms with Crippen LogP contribution in [-0.2, 0) is 21.2 Å². The fourth-order valence-electron chi connectivity index (χ4n) is 3.20. The van der Waals surface area contributed by atoms with E-state index in [1.54, 1.807) is 24.5 Å². The third-order valence-corrected chi connectivity index (χ3v) is 7.56. The highest BCUT2D eigenvalue weighted by molar-refractivity contribution is 7.99. The average Bonchev–Trinajstić information content (AvgIpc) is 3.29. The maximum Gasteiger partial charge on any atom is 0.240 e. The number of hydrogen-bond donors (Lipinski definition) is 3. The molecule has 0 bridgehead atoms. The Labute approximate surface area is 205 Å². The number of sulfonamides is 1. The van der Waals surface area contributed by atoms with E-state index in [9.17, 15) is 8.42 Å². The van der Waals surface area contributed by atoms with Gasteiger partial charge in [0.15, 0.2) is 0 Å². The molecule has 184 valence electrons. The topological polar surface area (TPSA) is 122 Å². The van der Waals surface area contributed by atoms with Gasteiger partial charge in [0, 0.05) is 31.5 Å². The largest absolute Gasteiger partial charge is 0.380 e. The molecule has 0 aliphatic carbocycles. The Morgan fingerprint density at radius 2 is 1.94 bits per heavy atom. The molecular weight excluding hydrogens is 472 g/mol. The van der Waals surface area contributed by atoms with Gasteiger partial charge in [0.1, 0.15) is 5.82 Å². The number of ether oxygens (including phenoxy) is 1. The number of aromatic amines is 1. The van der Waals surface area contributed by atoms with Crippen LogP contribution in [0.5, 0.6) is 0 Å². The van der Waals surface area contributed by atoms with E-state index in [4.69, 9.17) is 4.74 Å². The molecule has 0 aliphatic heterocycles. The molecule has 3 aromatic rings. The number of thioether (sulfide) groups is 1. The molecule has 2 aromatic heterocycles. The lowest BCUT2D eigenvalue weighted by molar-refractivity contribution is 0.153. The Balaban J connectivity index is 1.62. The van der Waals surface area contributed by atoms with Crippen LogP contribution in [0, 0.1) is 5.92 Å². The maximum atomic E-state index is 12.4. The fourth-order valence-corrected chi connectivity index (χ4v) is 4.96. The summed E-state index contributed by atoms with van der Waals surface area (Å²) in [5.74, 6) is 4.12. The van der Waals surface area contributed by atoms with E-state index in [-0.39, 0.29) is 11.4 Å². The zero-order valence-electron chi connectivity index (χ0n) is 19.7. The first kappa shape index (κ1) is 26.1. The zero-order valence-corrected chi connectivity index (χ0v) is 21.4. The molecule has 34 heavy (non-hydrogen) atoms. The Kier molecular flexibility index (Phi) is 9.87. The SMILES string of the molecule is CCOCCNS(=O)(=O)c1ccc(Nc2nccc(-c3cnc(CC(C)CSCC)[nH]3)n2)cc1. The molecule has 1 atom stereocenters. The van der Waals surface area contributed by atoms with Gasteiger partial charge in [0.25, 0.3) is 0 Å². The first-order chi connectivity index (χ1) is 16.4. The van der Waals surface area contributed by atoms with Crippen LogP contribution in [0.4, 0.5) is 11.6 Å². The first-order valence-corrected chi connectivity index (χ1v) is 13.9. The van der Waals surface area contributed by atoms with Gasteiger partial charge in [-0.1, -0.05) is 13.8 Å². The van der Waals surface area contributed by atoms with E-state index in [1.165, 1.54) is 12.1 Å². The van der Waals surface area contributed by atoms with Gasteiger partial charge in [0.05, 0.1) is 29.1 Å². The number of anilines is 2. The van der Waals surface area contributed by atoms with Crippen LogP contribution in [-0.4, -0.2) is 59.6 Å². The average molecular weight is 505 g/mol. The van der Waals surface area contributed by atoms with Crippen molar-refractivity contribution in [2.24, 2.45) is 5.92 Å². The molecule has 2 heterocycles. The van der Waals surface area contributed by atoms with Gasteiger partial charge in [-0.15, -0.1) is 0 Å². The Bertz CT molecular complexity index is 1140. The Hall–Kier alpha value is -2.47. The normalized spacial score (nSPS) is 12.6. The number of hydrogen-bond acceptors (Lipinski definition) is 8. The van der Waals surface area contributed by atoms with Crippen LogP contribution in [0.3, 0.4) is 0 Å². The minimum absolute atomic E-state index is 0.181. The Morgan fingerprint density at radius 1 is 1.15 bits per heavy atom. The smallest absolute Gasteiger partial charge is 0.240 e. The van der Waals surface area contributed by atoms with E-state index in [0.29, 0.717) is 30.8 Å². The maximum absolute atomic E-state index is 12.4. The summed E-state index contributed by atoms with van der Waals surface area (Å²) in [7, 11) is -3.59. The number of rotatable bonds is 14. The number of aromatic nitrogens is 4. The summed E-state index contributed by atoms with van der Waals surface area (Å²) in [6.07, 6.45) is 4.35. The third-order valence-electron chi connectivity index (χ3n) is 4.87. The number of benzene rings is 1. The van der Waals surface area contributed by atoms with Gasteiger partial charge in [-0.2, -0.15) is 11.8 Å². The molecule has 9 nitrogen and oxygen atoms in total. The molecule has 0 amide bonds. The second kappa shape index (κ2) is 12.8. The Morgan fingerprint density at radius 3 is 2.68 bits per heavy atom. The second-order valence-corrected chi connectivity index (χ2v) is 10.8. The van der Waals surface area contributed by atoms with Crippen molar-refractivity contribution in [1.82, 2.24) is 24.7 Å². The monoisotopic (exact) mass is 504 g/mol. The van der Waals surface area contributed by atoms with Crippen molar-refractivity contribution in [3.63, 3.8) is 0 Å². The molecule has 3 rings (SSSR count). The molecule has 0 spiro atoms. The lowest BCUT2D eigenvalue weighted by Gasteiger charge is -2.09. The lowest BCUT2D eigenvalue weighted by Crippen LogP contribution is -2.27. The summed E-state index contributed by atoms with van der Waals surface area (Å²) in [5.41, 5.74) is 2.23. The third kappa shape index (κ3) is 7.79. The van der Waals surface area contributed by atoms with Crippen LogP contribution in [0.2, 0.25) is 0 Å². The van der Waals surface area contributed by atoms with Crippen molar-refractivity contribution >= 4 is 33.4 Å². The van der Waals surface area contributed by atoms with Crippen LogP contribution >= 0.6 is 11.8 Å². The molecule has 1 aromatic carbocycles. The number of imidazole rings is 1. The van der Waals surface area contributed by atoms with E-state index in [2.05, 4.69) is 43.8 Å². The van der Waals surface area contributed by atoms with Crippen molar-refractivity contribution in [3.8, 4) is 11.4 Å². The zero-order chi connectivity index (χ0) is 24.4. The number of H-pyrrole nitrogens is 1. The van der Waals surface area contributed by atoms with Crippen molar-refractivity contribution in [3.05, 3.63) is 48.5 Å². The van der Waals surface area contributed by atoms with E-state index in [0.717, 1.165) is 35.1 Å². The second-order valence-electron chi connectivity index (χ2n) is 7.72. The fraction of sp³-hybridized carbons (Fsp3) is 0.435. The van der Waals surface area contributed by atoms with Gasteiger partial charge in [-0.3, -0.25) is 0 Å². The van der Waals surface area contributed by atoms with Crippen molar-refractivity contribution in [2.75, 3.05) is 36.6 Å². The van der Waals surface area contributed by atoms with Crippen LogP contribution in [0.15, 0.2) is 47.6 Å². The van der Waals surface area contributed by atoms with Crippen LogP contribution in [0.1, 0.15) is 26.6 Å². The van der Waals surface area contributed by atoms with Crippen molar-refractivity contribution in [1.29, 1.82) is 0 Å². The molecule has 3 N–H and O–H groups in total. The summed E-state index contributed by atoms with van der Waals surface area (Å²) in [5, 5.41) is 3.12. The molecule has 11 heteroatoms. The highest BCUT2D eigenvalue weighted by Crippen LogP contribution is 2.21. The van der Waals surface area contributed by atoms with E-state index >= 15 is 0 Å². The summed E-state index contributed by atoms with van der Waals surface area (Å²) < 4.78 is 32.4. The minimum atomic E-state index is -3.59. The summed E-state index contributed by atoms with van der Waals surface area (Å²) in [6, 6.07) is 8.25. The van der Waals surface area contributed by atoms with Crippen LogP contribution in [0.25, 0.3) is 11.4 Å². The van der Waals surface area contributed by atoms with E-state index in [1.807, 2.05) is 24.8 Å². The van der Waals surface area contributed by atoms with Crippen LogP contribution < -0.4 is 10.0 Å². The number of nitrogens with zero attached hydrogens (tertiary/aromatic N) is 3. The van der Waals surface area contributed by atoms with Gasteiger partial charge >= 0.3 is 0 Å². The van der Waals surface area contributed by atoms with Crippen molar-refractivity contribution < 1.29 is 13.2 Å². The molecule has 0 saturated heterocycles. The molecular formula is C23H32N6O3S2. The predicted octanol–water partition coefficient (Wildman–Crippen LogP) is 3.86. The molecule has 0 fully saturated rings. The van der Waals surface area contributed by atoms with Gasteiger partial charge < -0.3 is 15.0 Å². The minimum Gasteiger partial charge on any atom is -0.380 e. The lowest BCUT2D eigenvalue weighted by atomic mass is 10.1.